The second-order valence-electron chi connectivity index (χ2n) is 5.83. The Morgan fingerprint density at radius 1 is 1.37 bits per heavy atom. The average molecular weight is 269 g/mol. The predicted octanol–water partition coefficient (Wildman–Crippen LogP) is 0.428. The van der Waals surface area contributed by atoms with Gasteiger partial charge in [-0.15, -0.1) is 0 Å². The Hall–Kier alpha value is -1.14. The van der Waals surface area contributed by atoms with Crippen molar-refractivity contribution in [2.75, 3.05) is 32.8 Å². The summed E-state index contributed by atoms with van der Waals surface area (Å²) in [6.45, 7) is 9.42. The van der Waals surface area contributed by atoms with Crippen molar-refractivity contribution < 1.29 is 14.3 Å². The molecule has 2 fully saturated rings. The van der Waals surface area contributed by atoms with Crippen LogP contribution in [0.1, 0.15) is 27.2 Å². The number of nitrogens with zero attached hydrogens (tertiary/aromatic N) is 2. The van der Waals surface area contributed by atoms with Gasteiger partial charge in [0.2, 0.25) is 0 Å². The van der Waals surface area contributed by atoms with E-state index in [1.165, 1.54) is 4.90 Å². The molecule has 1 unspecified atom stereocenters. The van der Waals surface area contributed by atoms with Gasteiger partial charge in [0.05, 0.1) is 13.2 Å². The summed E-state index contributed by atoms with van der Waals surface area (Å²) in [7, 11) is 0. The highest BCUT2D eigenvalue weighted by Gasteiger charge is 2.43. The van der Waals surface area contributed by atoms with E-state index in [1.807, 2.05) is 0 Å². The van der Waals surface area contributed by atoms with E-state index in [1.54, 1.807) is 13.8 Å². The van der Waals surface area contributed by atoms with Crippen molar-refractivity contribution >= 4 is 11.9 Å². The molecule has 0 aliphatic carbocycles. The molecule has 1 atom stereocenters. The van der Waals surface area contributed by atoms with Crippen molar-refractivity contribution in [3.8, 4) is 0 Å². The minimum atomic E-state index is -0.761. The largest absolute Gasteiger partial charge is 0.379 e. The van der Waals surface area contributed by atoms with Crippen LogP contribution in [-0.4, -0.2) is 66.2 Å². The number of morpholine rings is 1. The van der Waals surface area contributed by atoms with Crippen LogP contribution in [0.2, 0.25) is 0 Å². The van der Waals surface area contributed by atoms with Crippen molar-refractivity contribution in [2.45, 2.75) is 38.8 Å². The second kappa shape index (κ2) is 5.46. The molecule has 0 aromatic carbocycles. The molecule has 2 aliphatic heterocycles. The van der Waals surface area contributed by atoms with Crippen LogP contribution in [0.25, 0.3) is 0 Å². The molecule has 0 aromatic rings. The van der Waals surface area contributed by atoms with Gasteiger partial charge in [-0.25, -0.2) is 4.79 Å². The van der Waals surface area contributed by atoms with Crippen molar-refractivity contribution in [3.63, 3.8) is 0 Å². The van der Waals surface area contributed by atoms with Gasteiger partial charge in [-0.05, 0) is 27.2 Å². The van der Waals surface area contributed by atoms with E-state index in [4.69, 9.17) is 4.74 Å². The highest BCUT2D eigenvalue weighted by Crippen LogP contribution is 2.17. The summed E-state index contributed by atoms with van der Waals surface area (Å²) < 4.78 is 5.38. The zero-order valence-electron chi connectivity index (χ0n) is 11.9. The van der Waals surface area contributed by atoms with Crippen LogP contribution in [0.5, 0.6) is 0 Å². The quantitative estimate of drug-likeness (QED) is 0.752. The lowest BCUT2D eigenvalue weighted by Crippen LogP contribution is -2.45. The Morgan fingerprint density at radius 2 is 2.11 bits per heavy atom. The molecule has 0 radical (unpaired) electrons. The number of hydrogen-bond acceptors (Lipinski definition) is 4. The van der Waals surface area contributed by atoms with Crippen LogP contribution in [0.15, 0.2) is 0 Å². The summed E-state index contributed by atoms with van der Waals surface area (Å²) in [5.41, 5.74) is -0.761. The maximum Gasteiger partial charge on any atom is 0.325 e. The summed E-state index contributed by atoms with van der Waals surface area (Å²) in [5, 5.41) is 2.69. The Bertz CT molecular complexity index is 370. The van der Waals surface area contributed by atoms with Gasteiger partial charge >= 0.3 is 6.03 Å². The number of urea groups is 1. The summed E-state index contributed by atoms with van der Waals surface area (Å²) in [4.78, 5) is 27.4. The minimum Gasteiger partial charge on any atom is -0.379 e. The normalized spacial score (nSPS) is 27.7. The lowest BCUT2D eigenvalue weighted by molar-refractivity contribution is -0.130. The minimum absolute atomic E-state index is 0.132. The number of carbonyl (C=O) groups excluding carboxylic acids is 2. The summed E-state index contributed by atoms with van der Waals surface area (Å²) >= 11 is 0. The van der Waals surface area contributed by atoms with Crippen LogP contribution in [0.3, 0.4) is 0 Å². The lowest BCUT2D eigenvalue weighted by atomic mass is 10.1. The molecule has 0 saturated carbocycles. The van der Waals surface area contributed by atoms with Crippen molar-refractivity contribution in [1.29, 1.82) is 0 Å². The first-order valence-electron chi connectivity index (χ1n) is 6.88. The van der Waals surface area contributed by atoms with Gasteiger partial charge in [0.15, 0.2) is 0 Å². The predicted molar refractivity (Wildman–Crippen MR) is 70.8 cm³/mol. The van der Waals surface area contributed by atoms with Crippen molar-refractivity contribution in [1.82, 2.24) is 15.1 Å². The van der Waals surface area contributed by atoms with Gasteiger partial charge in [0.1, 0.15) is 5.54 Å². The van der Waals surface area contributed by atoms with Gasteiger partial charge in [0.25, 0.3) is 5.91 Å². The third-order valence-corrected chi connectivity index (χ3v) is 3.78. The summed E-state index contributed by atoms with van der Waals surface area (Å²) in [6.07, 6.45) is 0.805. The summed E-state index contributed by atoms with van der Waals surface area (Å²) in [6, 6.07) is 0.137. The molecule has 19 heavy (non-hydrogen) atoms. The third kappa shape index (κ3) is 3.06. The van der Waals surface area contributed by atoms with Crippen LogP contribution in [0.4, 0.5) is 4.79 Å². The summed E-state index contributed by atoms with van der Waals surface area (Å²) in [5.74, 6) is -0.132. The SMILES string of the molecule is CC1COCCN1CCCN1C(=O)NC(C)(C)C1=O. The number of imide groups is 1. The molecule has 3 amide bonds. The Labute approximate surface area is 114 Å². The standard InChI is InChI=1S/C13H23N3O3/c1-10-9-19-8-7-15(10)5-4-6-16-11(17)13(2,3)14-12(16)18/h10H,4-9H2,1-3H3,(H,14,18). The molecule has 2 heterocycles. The van der Waals surface area contributed by atoms with E-state index in [0.717, 1.165) is 32.7 Å². The maximum absolute atomic E-state index is 12.0. The fourth-order valence-corrected chi connectivity index (χ4v) is 2.55. The van der Waals surface area contributed by atoms with E-state index in [9.17, 15) is 9.59 Å². The molecule has 0 bridgehead atoms. The fraction of sp³-hybridized carbons (Fsp3) is 0.846. The maximum atomic E-state index is 12.0. The molecule has 2 rings (SSSR count). The molecule has 2 saturated heterocycles. The Balaban J connectivity index is 1.79. The molecule has 2 aliphatic rings. The van der Waals surface area contributed by atoms with Crippen LogP contribution in [0, 0.1) is 0 Å². The molecule has 0 aromatic heterocycles. The number of nitrogens with one attached hydrogen (secondary N) is 1. The monoisotopic (exact) mass is 269 g/mol. The first-order chi connectivity index (χ1) is 8.92. The lowest BCUT2D eigenvalue weighted by Gasteiger charge is -2.33. The zero-order valence-corrected chi connectivity index (χ0v) is 11.9. The van der Waals surface area contributed by atoms with Gasteiger partial charge in [-0.2, -0.15) is 0 Å². The van der Waals surface area contributed by atoms with Gasteiger partial charge in [-0.3, -0.25) is 14.6 Å². The molecule has 6 nitrogen and oxygen atoms in total. The highest BCUT2D eigenvalue weighted by atomic mass is 16.5. The molecular formula is C13H23N3O3. The van der Waals surface area contributed by atoms with Gasteiger partial charge in [-0.1, -0.05) is 0 Å². The van der Waals surface area contributed by atoms with Gasteiger partial charge < -0.3 is 10.1 Å². The second-order valence-corrected chi connectivity index (χ2v) is 5.83. The molecular weight excluding hydrogens is 246 g/mol. The molecule has 1 N–H and O–H groups in total. The molecule has 0 spiro atoms. The van der Waals surface area contributed by atoms with Crippen molar-refractivity contribution in [2.24, 2.45) is 0 Å². The molecule has 108 valence electrons. The number of ether oxygens (including phenoxy) is 1. The number of rotatable bonds is 4. The van der Waals surface area contributed by atoms with Gasteiger partial charge in [0, 0.05) is 25.7 Å². The van der Waals surface area contributed by atoms with Crippen LogP contribution < -0.4 is 5.32 Å². The first-order valence-corrected chi connectivity index (χ1v) is 6.88. The van der Waals surface area contributed by atoms with Crippen LogP contribution in [-0.2, 0) is 9.53 Å². The fourth-order valence-electron chi connectivity index (χ4n) is 2.55. The average Bonchev–Trinajstić information content (AvgIpc) is 2.53. The topological polar surface area (TPSA) is 61.9 Å². The van der Waals surface area contributed by atoms with Crippen molar-refractivity contribution in [3.05, 3.63) is 0 Å². The highest BCUT2D eigenvalue weighted by molar-refractivity contribution is 6.06. The number of hydrogen-bond donors (Lipinski definition) is 1. The van der Waals surface area contributed by atoms with E-state index in [-0.39, 0.29) is 11.9 Å². The van der Waals surface area contributed by atoms with E-state index >= 15 is 0 Å². The molecule has 6 heteroatoms. The zero-order chi connectivity index (χ0) is 14.0. The number of carbonyl (C=O) groups is 2. The third-order valence-electron chi connectivity index (χ3n) is 3.78. The first kappa shape index (κ1) is 14.3. The Morgan fingerprint density at radius 3 is 2.68 bits per heavy atom. The van der Waals surface area contributed by atoms with Crippen LogP contribution >= 0.6 is 0 Å². The smallest absolute Gasteiger partial charge is 0.325 e. The Kier molecular flexibility index (Phi) is 4.10. The van der Waals surface area contributed by atoms with E-state index < -0.39 is 5.54 Å². The van der Waals surface area contributed by atoms with E-state index in [2.05, 4.69) is 17.1 Å². The number of amides is 3. The van der Waals surface area contributed by atoms with E-state index in [0.29, 0.717) is 12.6 Å².